The van der Waals surface area contributed by atoms with Crippen molar-refractivity contribution in [3.05, 3.63) is 47.0 Å². The van der Waals surface area contributed by atoms with Crippen molar-refractivity contribution in [2.75, 3.05) is 0 Å². The summed E-state index contributed by atoms with van der Waals surface area (Å²) in [5.74, 6) is 0.0411. The summed E-state index contributed by atoms with van der Waals surface area (Å²) in [5.41, 5.74) is 3.84. The van der Waals surface area contributed by atoms with Crippen LogP contribution >= 0.6 is 0 Å². The zero-order valence-electron chi connectivity index (χ0n) is 12.0. The Balaban J connectivity index is 1.97. The third kappa shape index (κ3) is 2.15. The predicted molar refractivity (Wildman–Crippen MR) is 76.8 cm³/mol. The first-order valence-corrected chi connectivity index (χ1v) is 7.21. The van der Waals surface area contributed by atoms with Crippen molar-refractivity contribution in [1.29, 1.82) is 0 Å². The number of nitrogens with zero attached hydrogens (tertiary/aromatic N) is 3. The summed E-state index contributed by atoms with van der Waals surface area (Å²) in [4.78, 5) is 17.3. The molecule has 1 aliphatic carbocycles. The van der Waals surface area contributed by atoms with Gasteiger partial charge in [-0.2, -0.15) is 5.10 Å². The molecular formula is C16H19N3O. The second-order valence-corrected chi connectivity index (χ2v) is 5.35. The van der Waals surface area contributed by atoms with Crippen LogP contribution in [0.15, 0.2) is 24.4 Å². The van der Waals surface area contributed by atoms with Crippen molar-refractivity contribution in [3.63, 3.8) is 0 Å². The monoisotopic (exact) mass is 269 g/mol. The zero-order valence-corrected chi connectivity index (χ0v) is 12.0. The standard InChI is InChI=1S/C16H19N3O/c1-3-12-10-14(19(2)18-12)16(20)13-8-4-6-11-7-5-9-17-15(11)13/h5,7,9-10,13H,3-4,6,8H2,1-2H3. The normalized spacial score (nSPS) is 17.8. The number of ketones is 1. The summed E-state index contributed by atoms with van der Waals surface area (Å²) >= 11 is 0. The molecule has 0 bridgehead atoms. The van der Waals surface area contributed by atoms with Crippen LogP contribution in [0.1, 0.15) is 53.1 Å². The number of hydrogen-bond donors (Lipinski definition) is 0. The van der Waals surface area contributed by atoms with Crippen LogP contribution in [0.25, 0.3) is 0 Å². The van der Waals surface area contributed by atoms with E-state index in [1.807, 2.05) is 26.1 Å². The van der Waals surface area contributed by atoms with Crippen LogP contribution < -0.4 is 0 Å². The highest BCUT2D eigenvalue weighted by Crippen LogP contribution is 2.32. The van der Waals surface area contributed by atoms with Crippen LogP contribution in [0.3, 0.4) is 0 Å². The summed E-state index contributed by atoms with van der Waals surface area (Å²) in [6, 6.07) is 5.95. The molecule has 1 unspecified atom stereocenters. The van der Waals surface area contributed by atoms with Crippen molar-refractivity contribution < 1.29 is 4.79 Å². The molecule has 0 fully saturated rings. The Labute approximate surface area is 118 Å². The van der Waals surface area contributed by atoms with Gasteiger partial charge in [-0.3, -0.25) is 14.5 Å². The average molecular weight is 269 g/mol. The van der Waals surface area contributed by atoms with Gasteiger partial charge in [0.05, 0.1) is 17.3 Å². The third-order valence-corrected chi connectivity index (χ3v) is 4.06. The van der Waals surface area contributed by atoms with Crippen molar-refractivity contribution >= 4 is 5.78 Å². The Morgan fingerprint density at radius 1 is 1.50 bits per heavy atom. The van der Waals surface area contributed by atoms with Gasteiger partial charge in [0.2, 0.25) is 0 Å². The molecule has 2 aromatic rings. The molecule has 4 heteroatoms. The second-order valence-electron chi connectivity index (χ2n) is 5.35. The molecule has 0 aliphatic heterocycles. The Hall–Kier alpha value is -1.97. The van der Waals surface area contributed by atoms with E-state index in [1.165, 1.54) is 5.56 Å². The number of pyridine rings is 1. The van der Waals surface area contributed by atoms with E-state index in [4.69, 9.17) is 0 Å². The first kappa shape index (κ1) is 13.0. The van der Waals surface area contributed by atoms with Crippen LogP contribution in [0.4, 0.5) is 0 Å². The molecule has 2 heterocycles. The zero-order chi connectivity index (χ0) is 14.1. The number of aromatic nitrogens is 3. The van der Waals surface area contributed by atoms with E-state index in [0.29, 0.717) is 5.69 Å². The molecule has 104 valence electrons. The third-order valence-electron chi connectivity index (χ3n) is 4.06. The van der Waals surface area contributed by atoms with E-state index in [0.717, 1.165) is 37.1 Å². The number of carbonyl (C=O) groups is 1. The number of hydrogen-bond acceptors (Lipinski definition) is 3. The predicted octanol–water partition coefficient (Wildman–Crippen LogP) is 2.68. The van der Waals surface area contributed by atoms with Crippen molar-refractivity contribution in [3.8, 4) is 0 Å². The van der Waals surface area contributed by atoms with E-state index in [1.54, 1.807) is 10.9 Å². The van der Waals surface area contributed by atoms with Crippen molar-refractivity contribution in [2.45, 2.75) is 38.5 Å². The Bertz CT molecular complexity index is 645. The number of rotatable bonds is 3. The lowest BCUT2D eigenvalue weighted by Gasteiger charge is -2.22. The van der Waals surface area contributed by atoms with Gasteiger partial charge in [0, 0.05) is 13.2 Å². The van der Waals surface area contributed by atoms with E-state index in [2.05, 4.69) is 16.1 Å². The molecule has 2 aromatic heterocycles. The molecule has 0 radical (unpaired) electrons. The fourth-order valence-electron chi connectivity index (χ4n) is 2.97. The Kier molecular flexibility index (Phi) is 3.38. The number of fused-ring (bicyclic) bond motifs is 1. The summed E-state index contributed by atoms with van der Waals surface area (Å²) < 4.78 is 1.71. The van der Waals surface area contributed by atoms with Gasteiger partial charge < -0.3 is 0 Å². The number of aryl methyl sites for hydroxylation is 3. The van der Waals surface area contributed by atoms with Gasteiger partial charge >= 0.3 is 0 Å². The van der Waals surface area contributed by atoms with Gasteiger partial charge in [-0.25, -0.2) is 0 Å². The average Bonchev–Trinajstić information content (AvgIpc) is 2.87. The van der Waals surface area contributed by atoms with E-state index >= 15 is 0 Å². The molecule has 0 saturated heterocycles. The number of carbonyl (C=O) groups excluding carboxylic acids is 1. The van der Waals surface area contributed by atoms with E-state index in [-0.39, 0.29) is 11.7 Å². The lowest BCUT2D eigenvalue weighted by atomic mass is 9.83. The molecule has 1 atom stereocenters. The number of Topliss-reactive ketones (excluding diaryl/α,β-unsaturated/α-hetero) is 1. The fraction of sp³-hybridized carbons (Fsp3) is 0.438. The van der Waals surface area contributed by atoms with Gasteiger partial charge in [-0.05, 0) is 43.4 Å². The highest BCUT2D eigenvalue weighted by atomic mass is 16.1. The highest BCUT2D eigenvalue weighted by molar-refractivity contribution is 5.99. The molecule has 0 aromatic carbocycles. The van der Waals surface area contributed by atoms with Crippen LogP contribution in [0, 0.1) is 0 Å². The minimum Gasteiger partial charge on any atom is -0.292 e. The summed E-state index contributed by atoms with van der Waals surface area (Å²) in [7, 11) is 1.84. The van der Waals surface area contributed by atoms with Gasteiger partial charge in [-0.1, -0.05) is 13.0 Å². The lowest BCUT2D eigenvalue weighted by molar-refractivity contribution is 0.0939. The molecule has 0 amide bonds. The lowest BCUT2D eigenvalue weighted by Crippen LogP contribution is -2.22. The second kappa shape index (κ2) is 5.19. The molecule has 0 spiro atoms. The van der Waals surface area contributed by atoms with Crippen LogP contribution in [-0.2, 0) is 19.9 Å². The topological polar surface area (TPSA) is 47.8 Å². The molecule has 1 aliphatic rings. The molecule has 0 saturated carbocycles. The first-order valence-electron chi connectivity index (χ1n) is 7.21. The van der Waals surface area contributed by atoms with Gasteiger partial charge in [0.15, 0.2) is 5.78 Å². The SMILES string of the molecule is CCc1cc(C(=O)C2CCCc3cccnc32)n(C)n1. The van der Waals surface area contributed by atoms with Crippen molar-refractivity contribution in [2.24, 2.45) is 7.05 Å². The maximum atomic E-state index is 12.8. The Morgan fingerprint density at radius 2 is 2.35 bits per heavy atom. The molecule has 4 nitrogen and oxygen atoms in total. The fourth-order valence-corrected chi connectivity index (χ4v) is 2.97. The van der Waals surface area contributed by atoms with Crippen molar-refractivity contribution in [1.82, 2.24) is 14.8 Å². The van der Waals surface area contributed by atoms with Gasteiger partial charge in [0.1, 0.15) is 5.69 Å². The Morgan fingerprint density at radius 3 is 3.10 bits per heavy atom. The van der Waals surface area contributed by atoms with Crippen LogP contribution in [0.2, 0.25) is 0 Å². The minimum atomic E-state index is -0.111. The highest BCUT2D eigenvalue weighted by Gasteiger charge is 2.30. The summed E-state index contributed by atoms with van der Waals surface area (Å²) in [6.45, 7) is 2.05. The maximum Gasteiger partial charge on any atom is 0.189 e. The molecule has 0 N–H and O–H groups in total. The summed E-state index contributed by atoms with van der Waals surface area (Å²) in [6.07, 6.45) is 5.59. The van der Waals surface area contributed by atoms with Crippen LogP contribution in [-0.4, -0.2) is 20.5 Å². The minimum absolute atomic E-state index is 0.111. The molecule has 3 rings (SSSR count). The molecular weight excluding hydrogens is 250 g/mol. The van der Waals surface area contributed by atoms with Gasteiger partial charge in [-0.15, -0.1) is 0 Å². The smallest absolute Gasteiger partial charge is 0.189 e. The maximum absolute atomic E-state index is 12.8. The van der Waals surface area contributed by atoms with E-state index in [9.17, 15) is 4.79 Å². The van der Waals surface area contributed by atoms with Crippen LogP contribution in [0.5, 0.6) is 0 Å². The van der Waals surface area contributed by atoms with Gasteiger partial charge in [0.25, 0.3) is 0 Å². The quantitative estimate of drug-likeness (QED) is 0.805. The van der Waals surface area contributed by atoms with E-state index < -0.39 is 0 Å². The molecule has 20 heavy (non-hydrogen) atoms. The first-order chi connectivity index (χ1) is 9.70. The largest absolute Gasteiger partial charge is 0.292 e. The summed E-state index contributed by atoms with van der Waals surface area (Å²) in [5, 5.41) is 4.38.